The van der Waals surface area contributed by atoms with Crippen molar-refractivity contribution in [1.29, 1.82) is 5.26 Å². The lowest BCUT2D eigenvalue weighted by Crippen LogP contribution is -2.52. The van der Waals surface area contributed by atoms with Crippen molar-refractivity contribution in [2.45, 2.75) is 43.7 Å². The van der Waals surface area contributed by atoms with Crippen LogP contribution in [-0.2, 0) is 4.74 Å². The Labute approximate surface area is 89.1 Å². The van der Waals surface area contributed by atoms with Gasteiger partial charge in [0.25, 0.3) is 0 Å². The third-order valence-corrected chi connectivity index (χ3v) is 3.43. The number of rotatable bonds is 1. The van der Waals surface area contributed by atoms with Gasteiger partial charge in [-0.3, -0.25) is 4.90 Å². The van der Waals surface area contributed by atoms with Crippen LogP contribution < -0.4 is 0 Å². The number of carbonyl (C=O) groups is 1. The van der Waals surface area contributed by atoms with Crippen molar-refractivity contribution in [3.63, 3.8) is 0 Å². The van der Waals surface area contributed by atoms with Gasteiger partial charge in [0.1, 0.15) is 5.54 Å². The van der Waals surface area contributed by atoms with Crippen molar-refractivity contribution in [1.82, 2.24) is 4.90 Å². The molecule has 2 heterocycles. The first-order valence-corrected chi connectivity index (χ1v) is 5.25. The molecule has 2 saturated heterocycles. The Morgan fingerprint density at radius 2 is 2.40 bits per heavy atom. The van der Waals surface area contributed by atoms with Crippen LogP contribution in [0.4, 0.5) is 4.79 Å². The average Bonchev–Trinajstić information content (AvgIpc) is 2.47. The number of ether oxygens (including phenoxy) is 1. The van der Waals surface area contributed by atoms with E-state index >= 15 is 0 Å². The zero-order chi connectivity index (χ0) is 10.9. The highest BCUT2D eigenvalue weighted by Gasteiger charge is 2.52. The van der Waals surface area contributed by atoms with E-state index in [1.165, 1.54) is 0 Å². The van der Waals surface area contributed by atoms with Gasteiger partial charge < -0.3 is 4.74 Å². The van der Waals surface area contributed by atoms with E-state index in [-0.39, 0.29) is 6.04 Å². The van der Waals surface area contributed by atoms with Crippen molar-refractivity contribution in [3.05, 3.63) is 12.8 Å². The maximum Gasteiger partial charge on any atom is 0.416 e. The zero-order valence-corrected chi connectivity index (χ0v) is 8.61. The van der Waals surface area contributed by atoms with E-state index in [0.29, 0.717) is 0 Å². The molecule has 2 aliphatic rings. The molecule has 1 amide bonds. The number of amides is 1. The SMILES string of the molecule is C=COC(=O)N1C2CCCC1(C#N)CC2. The van der Waals surface area contributed by atoms with Gasteiger partial charge in [-0.05, 0) is 32.1 Å². The van der Waals surface area contributed by atoms with E-state index < -0.39 is 11.6 Å². The van der Waals surface area contributed by atoms with Crippen LogP contribution in [0.15, 0.2) is 12.8 Å². The van der Waals surface area contributed by atoms with Crippen molar-refractivity contribution in [3.8, 4) is 6.07 Å². The van der Waals surface area contributed by atoms with Crippen molar-refractivity contribution in [2.24, 2.45) is 0 Å². The summed E-state index contributed by atoms with van der Waals surface area (Å²) in [6, 6.07) is 2.47. The second-order valence-electron chi connectivity index (χ2n) is 4.15. The van der Waals surface area contributed by atoms with Gasteiger partial charge in [0.05, 0.1) is 12.3 Å². The number of hydrogen-bond acceptors (Lipinski definition) is 3. The predicted octanol–water partition coefficient (Wildman–Crippen LogP) is 2.18. The highest BCUT2D eigenvalue weighted by Crippen LogP contribution is 2.43. The van der Waals surface area contributed by atoms with E-state index in [4.69, 9.17) is 4.74 Å². The Balaban J connectivity index is 2.26. The summed E-state index contributed by atoms with van der Waals surface area (Å²) in [7, 11) is 0. The van der Waals surface area contributed by atoms with Crippen LogP contribution in [0.2, 0.25) is 0 Å². The number of fused-ring (bicyclic) bond motifs is 2. The minimum atomic E-state index is -0.608. The summed E-state index contributed by atoms with van der Waals surface area (Å²) in [6.07, 6.45) is 5.17. The maximum absolute atomic E-state index is 11.7. The van der Waals surface area contributed by atoms with Crippen LogP contribution in [-0.4, -0.2) is 22.6 Å². The monoisotopic (exact) mass is 206 g/mol. The molecule has 80 valence electrons. The molecule has 0 saturated carbocycles. The molecule has 0 spiro atoms. The lowest BCUT2D eigenvalue weighted by Gasteiger charge is -2.38. The molecule has 0 aromatic carbocycles. The smallest absolute Gasteiger partial charge is 0.416 e. The average molecular weight is 206 g/mol. The van der Waals surface area contributed by atoms with E-state index in [1.54, 1.807) is 4.90 Å². The predicted molar refractivity (Wildman–Crippen MR) is 53.7 cm³/mol. The topological polar surface area (TPSA) is 53.3 Å². The third kappa shape index (κ3) is 1.39. The number of carbonyl (C=O) groups excluding carboxylic acids is 1. The highest BCUT2D eigenvalue weighted by molar-refractivity contribution is 5.71. The van der Waals surface area contributed by atoms with Crippen molar-refractivity contribution in [2.75, 3.05) is 0 Å². The summed E-state index contributed by atoms with van der Waals surface area (Å²) >= 11 is 0. The Morgan fingerprint density at radius 3 is 3.07 bits per heavy atom. The Hall–Kier alpha value is -1.50. The zero-order valence-electron chi connectivity index (χ0n) is 8.61. The standard InChI is InChI=1S/C11H14N2O2/c1-2-15-10(14)13-9-4-3-6-11(13,8-12)7-5-9/h2,9H,1,3-7H2. The van der Waals surface area contributed by atoms with Gasteiger partial charge in [-0.25, -0.2) is 4.79 Å². The minimum absolute atomic E-state index is 0.186. The summed E-state index contributed by atoms with van der Waals surface area (Å²) in [5, 5.41) is 9.23. The lowest BCUT2D eigenvalue weighted by atomic mass is 9.90. The van der Waals surface area contributed by atoms with Gasteiger partial charge in [0.15, 0.2) is 0 Å². The molecular formula is C11H14N2O2. The Bertz CT molecular complexity index is 330. The molecule has 0 radical (unpaired) electrons. The van der Waals surface area contributed by atoms with Crippen LogP contribution >= 0.6 is 0 Å². The molecule has 0 aliphatic carbocycles. The maximum atomic E-state index is 11.7. The van der Waals surface area contributed by atoms with Gasteiger partial charge in [0, 0.05) is 6.04 Å². The molecule has 0 aromatic heterocycles. The Morgan fingerprint density at radius 1 is 1.60 bits per heavy atom. The lowest BCUT2D eigenvalue weighted by molar-refractivity contribution is 0.0733. The van der Waals surface area contributed by atoms with Gasteiger partial charge in [0.2, 0.25) is 0 Å². The van der Waals surface area contributed by atoms with Crippen LogP contribution in [0.3, 0.4) is 0 Å². The molecule has 4 heteroatoms. The quantitative estimate of drug-likeness (QED) is 0.618. The van der Waals surface area contributed by atoms with Gasteiger partial charge in [-0.2, -0.15) is 5.26 Å². The van der Waals surface area contributed by atoms with E-state index in [2.05, 4.69) is 12.6 Å². The summed E-state index contributed by atoms with van der Waals surface area (Å²) in [5.74, 6) is 0. The molecule has 2 aliphatic heterocycles. The summed E-state index contributed by atoms with van der Waals surface area (Å²) in [6.45, 7) is 3.36. The number of nitriles is 1. The second kappa shape index (κ2) is 3.58. The first kappa shape index (κ1) is 10.0. The van der Waals surface area contributed by atoms with E-state index in [1.807, 2.05) is 0 Å². The molecule has 2 atom stereocenters. The molecule has 2 rings (SSSR count). The minimum Gasteiger partial charge on any atom is -0.419 e. The Kier molecular flexibility index (Phi) is 2.39. The highest BCUT2D eigenvalue weighted by atomic mass is 16.5. The first-order chi connectivity index (χ1) is 7.23. The normalized spacial score (nSPS) is 33.3. The van der Waals surface area contributed by atoms with Gasteiger partial charge in [-0.15, -0.1) is 0 Å². The molecule has 2 fully saturated rings. The van der Waals surface area contributed by atoms with Gasteiger partial charge in [-0.1, -0.05) is 6.58 Å². The molecule has 2 unspecified atom stereocenters. The molecular weight excluding hydrogens is 192 g/mol. The van der Waals surface area contributed by atoms with Crippen LogP contribution in [0.25, 0.3) is 0 Å². The fourth-order valence-electron chi connectivity index (χ4n) is 2.77. The number of hydrogen-bond donors (Lipinski definition) is 0. The summed E-state index contributed by atoms with van der Waals surface area (Å²) in [5.41, 5.74) is -0.608. The fourth-order valence-corrected chi connectivity index (χ4v) is 2.77. The molecule has 0 N–H and O–H groups in total. The molecule has 0 aromatic rings. The van der Waals surface area contributed by atoms with Crippen molar-refractivity contribution < 1.29 is 9.53 Å². The first-order valence-electron chi connectivity index (χ1n) is 5.25. The fraction of sp³-hybridized carbons (Fsp3) is 0.636. The van der Waals surface area contributed by atoms with Crippen LogP contribution in [0.1, 0.15) is 32.1 Å². The van der Waals surface area contributed by atoms with E-state index in [0.717, 1.165) is 38.4 Å². The number of piperidine rings is 1. The van der Waals surface area contributed by atoms with Crippen LogP contribution in [0, 0.1) is 11.3 Å². The summed E-state index contributed by atoms with van der Waals surface area (Å²) in [4.78, 5) is 13.3. The molecule has 2 bridgehead atoms. The molecule has 15 heavy (non-hydrogen) atoms. The third-order valence-electron chi connectivity index (χ3n) is 3.43. The molecule has 4 nitrogen and oxygen atoms in total. The van der Waals surface area contributed by atoms with E-state index in [9.17, 15) is 10.1 Å². The second-order valence-corrected chi connectivity index (χ2v) is 4.15. The summed E-state index contributed by atoms with van der Waals surface area (Å²) < 4.78 is 4.79. The van der Waals surface area contributed by atoms with Gasteiger partial charge >= 0.3 is 6.09 Å². The van der Waals surface area contributed by atoms with Crippen LogP contribution in [0.5, 0.6) is 0 Å². The number of nitrogens with zero attached hydrogens (tertiary/aromatic N) is 2. The van der Waals surface area contributed by atoms with Crippen molar-refractivity contribution >= 4 is 6.09 Å². The largest absolute Gasteiger partial charge is 0.419 e.